The first kappa shape index (κ1) is 22.2. The fourth-order valence-electron chi connectivity index (χ4n) is 4.62. The van der Waals surface area contributed by atoms with E-state index in [9.17, 15) is 9.59 Å². The van der Waals surface area contributed by atoms with E-state index in [0.717, 1.165) is 28.8 Å². The van der Waals surface area contributed by atoms with Gasteiger partial charge in [0.1, 0.15) is 5.70 Å². The zero-order valence-electron chi connectivity index (χ0n) is 19.1. The van der Waals surface area contributed by atoms with Gasteiger partial charge < -0.3 is 10.2 Å². The summed E-state index contributed by atoms with van der Waals surface area (Å²) < 4.78 is 0. The number of carbonyl (C=O) groups is 2. The number of likely N-dealkylation sites (N-methyl/N-ethyl adjacent to an activating group) is 1. The van der Waals surface area contributed by atoms with E-state index in [4.69, 9.17) is 11.6 Å². The number of aryl methyl sites for hydroxylation is 1. The largest absolute Gasteiger partial charge is 0.363 e. The molecule has 0 spiro atoms. The zero-order valence-corrected chi connectivity index (χ0v) is 19.9. The third-order valence-corrected chi connectivity index (χ3v) is 6.45. The topological polar surface area (TPSA) is 52.7 Å². The molecule has 0 bridgehead atoms. The molecule has 0 atom stereocenters. The van der Waals surface area contributed by atoms with E-state index in [2.05, 4.69) is 56.1 Å². The number of hydrogen-bond acceptors (Lipinski definition) is 3. The van der Waals surface area contributed by atoms with Crippen LogP contribution in [0.5, 0.6) is 0 Å². The summed E-state index contributed by atoms with van der Waals surface area (Å²) in [6.45, 7) is 11.9. The van der Waals surface area contributed by atoms with Crippen molar-refractivity contribution in [1.82, 2.24) is 10.2 Å². The third-order valence-electron chi connectivity index (χ3n) is 6.20. The Morgan fingerprint density at radius 2 is 1.78 bits per heavy atom. The smallest absolute Gasteiger partial charge is 0.329 e. The lowest BCUT2D eigenvalue weighted by atomic mass is 9.87. The van der Waals surface area contributed by atoms with E-state index in [1.165, 1.54) is 16.2 Å². The van der Waals surface area contributed by atoms with Crippen molar-refractivity contribution in [3.63, 3.8) is 0 Å². The van der Waals surface area contributed by atoms with Crippen LogP contribution < -0.4 is 10.2 Å². The normalized spacial score (nSPS) is 18.7. The van der Waals surface area contributed by atoms with Crippen LogP contribution in [0.25, 0.3) is 11.6 Å². The molecule has 166 valence electrons. The molecule has 0 unspecified atom stereocenters. The lowest BCUT2D eigenvalue weighted by Gasteiger charge is -2.43. The fourth-order valence-corrected chi connectivity index (χ4v) is 4.75. The molecule has 0 aromatic heterocycles. The lowest BCUT2D eigenvalue weighted by molar-refractivity contribution is -0.123. The summed E-state index contributed by atoms with van der Waals surface area (Å²) >= 11 is 5.93. The van der Waals surface area contributed by atoms with Crippen molar-refractivity contribution in [2.24, 2.45) is 0 Å². The van der Waals surface area contributed by atoms with E-state index < -0.39 is 6.03 Å². The monoisotopic (exact) mass is 449 g/mol. The SMILES string of the molecule is CCN1c2cc(C)c(/C=C3/NC(=O)N(Cc4ccc(Cl)cc4)C3=O)cc2C(C)=CC1(C)C. The van der Waals surface area contributed by atoms with Crippen molar-refractivity contribution >= 4 is 40.9 Å². The molecule has 32 heavy (non-hydrogen) atoms. The number of imide groups is 1. The molecule has 6 heteroatoms. The number of anilines is 1. The minimum absolute atomic E-state index is 0.0597. The number of halogens is 1. The highest BCUT2D eigenvalue weighted by Crippen LogP contribution is 2.40. The number of amides is 3. The second-order valence-electron chi connectivity index (χ2n) is 8.96. The summed E-state index contributed by atoms with van der Waals surface area (Å²) in [5, 5.41) is 3.35. The Morgan fingerprint density at radius 1 is 1.09 bits per heavy atom. The summed E-state index contributed by atoms with van der Waals surface area (Å²) in [7, 11) is 0. The van der Waals surface area contributed by atoms with Crippen LogP contribution >= 0.6 is 11.6 Å². The predicted octanol–water partition coefficient (Wildman–Crippen LogP) is 5.76. The van der Waals surface area contributed by atoms with Gasteiger partial charge in [0.05, 0.1) is 12.1 Å². The Bertz CT molecular complexity index is 1160. The standard InChI is InChI=1S/C26H28ClN3O2/c1-6-30-23-11-16(2)19(12-21(23)17(3)14-26(30,4)5)13-22-24(31)29(25(32)28-22)15-18-7-9-20(27)10-8-18/h7-14H,6,15H2,1-5H3,(H,28,32)/b22-13+. The molecular weight excluding hydrogens is 422 g/mol. The Kier molecular flexibility index (Phi) is 5.63. The Labute approximate surface area is 194 Å². The number of nitrogens with one attached hydrogen (secondary N) is 1. The number of hydrogen-bond donors (Lipinski definition) is 1. The minimum atomic E-state index is -0.415. The van der Waals surface area contributed by atoms with E-state index >= 15 is 0 Å². The van der Waals surface area contributed by atoms with Gasteiger partial charge in [-0.05, 0) is 87.2 Å². The maximum atomic E-state index is 13.0. The van der Waals surface area contributed by atoms with E-state index in [-0.39, 0.29) is 23.7 Å². The number of urea groups is 1. The van der Waals surface area contributed by atoms with Crippen LogP contribution in [-0.2, 0) is 11.3 Å². The van der Waals surface area contributed by atoms with Crippen LogP contribution in [0.15, 0.2) is 48.2 Å². The van der Waals surface area contributed by atoms with Crippen LogP contribution in [0.3, 0.4) is 0 Å². The molecule has 4 rings (SSSR count). The van der Waals surface area contributed by atoms with E-state index in [0.29, 0.717) is 5.02 Å². The second kappa shape index (κ2) is 8.14. The molecular formula is C26H28ClN3O2. The molecule has 0 aliphatic carbocycles. The van der Waals surface area contributed by atoms with Gasteiger partial charge in [-0.25, -0.2) is 4.79 Å². The van der Waals surface area contributed by atoms with E-state index in [1.54, 1.807) is 18.2 Å². The highest BCUT2D eigenvalue weighted by atomic mass is 35.5. The summed E-state index contributed by atoms with van der Waals surface area (Å²) in [5.41, 5.74) is 6.60. The van der Waals surface area contributed by atoms with Crippen molar-refractivity contribution in [2.45, 2.75) is 46.7 Å². The molecule has 0 radical (unpaired) electrons. The molecule has 2 aliphatic heterocycles. The minimum Gasteiger partial charge on any atom is -0.363 e. The van der Waals surface area contributed by atoms with E-state index in [1.807, 2.05) is 19.1 Å². The first-order valence-corrected chi connectivity index (χ1v) is 11.2. The molecule has 0 saturated carbocycles. The van der Waals surface area contributed by atoms with Crippen LogP contribution in [0, 0.1) is 6.92 Å². The maximum absolute atomic E-state index is 13.0. The molecule has 5 nitrogen and oxygen atoms in total. The number of rotatable bonds is 4. The van der Waals surface area contributed by atoms with Crippen molar-refractivity contribution in [2.75, 3.05) is 11.4 Å². The Hall–Kier alpha value is -3.05. The number of fused-ring (bicyclic) bond motifs is 1. The zero-order chi connectivity index (χ0) is 23.2. The predicted molar refractivity (Wildman–Crippen MR) is 130 cm³/mol. The van der Waals surface area contributed by atoms with Crippen LogP contribution in [0.4, 0.5) is 10.5 Å². The number of nitrogens with zero attached hydrogens (tertiary/aromatic N) is 2. The summed E-state index contributed by atoms with van der Waals surface area (Å²) in [6.07, 6.45) is 4.06. The molecule has 1 N–H and O–H groups in total. The van der Waals surface area contributed by atoms with Crippen molar-refractivity contribution in [3.05, 3.63) is 75.4 Å². The maximum Gasteiger partial charge on any atom is 0.329 e. The summed E-state index contributed by atoms with van der Waals surface area (Å²) in [4.78, 5) is 29.1. The summed E-state index contributed by atoms with van der Waals surface area (Å²) in [5.74, 6) is -0.328. The molecule has 3 amide bonds. The fraction of sp³-hybridized carbons (Fsp3) is 0.308. The highest BCUT2D eigenvalue weighted by Gasteiger charge is 2.34. The molecule has 1 fully saturated rings. The quantitative estimate of drug-likeness (QED) is 0.476. The first-order chi connectivity index (χ1) is 15.1. The molecule has 1 saturated heterocycles. The second-order valence-corrected chi connectivity index (χ2v) is 9.39. The number of carbonyl (C=O) groups excluding carboxylic acids is 2. The number of benzene rings is 2. The van der Waals surface area contributed by atoms with Gasteiger partial charge in [0, 0.05) is 22.8 Å². The third kappa shape index (κ3) is 3.93. The molecule has 2 aromatic rings. The van der Waals surface area contributed by atoms with Crippen LogP contribution in [0.1, 0.15) is 49.9 Å². The average molecular weight is 450 g/mol. The molecule has 2 aromatic carbocycles. The van der Waals surface area contributed by atoms with Crippen molar-refractivity contribution < 1.29 is 9.59 Å². The van der Waals surface area contributed by atoms with Crippen LogP contribution in [-0.4, -0.2) is 28.9 Å². The van der Waals surface area contributed by atoms with Crippen molar-refractivity contribution in [1.29, 1.82) is 0 Å². The van der Waals surface area contributed by atoms with Gasteiger partial charge >= 0.3 is 6.03 Å². The molecule has 2 aliphatic rings. The Morgan fingerprint density at radius 3 is 2.44 bits per heavy atom. The first-order valence-electron chi connectivity index (χ1n) is 10.8. The van der Waals surface area contributed by atoms with Gasteiger partial charge in [0.25, 0.3) is 5.91 Å². The summed E-state index contributed by atoms with van der Waals surface area (Å²) in [6, 6.07) is 11.0. The van der Waals surface area contributed by atoms with Gasteiger partial charge in [-0.2, -0.15) is 0 Å². The highest BCUT2D eigenvalue weighted by molar-refractivity contribution is 6.30. The van der Waals surface area contributed by atoms with Crippen LogP contribution in [0.2, 0.25) is 5.02 Å². The number of allylic oxidation sites excluding steroid dienone is 1. The van der Waals surface area contributed by atoms with Gasteiger partial charge in [-0.15, -0.1) is 0 Å². The van der Waals surface area contributed by atoms with Gasteiger partial charge in [-0.3, -0.25) is 9.69 Å². The van der Waals surface area contributed by atoms with Crippen molar-refractivity contribution in [3.8, 4) is 0 Å². The Balaban J connectivity index is 1.66. The lowest BCUT2D eigenvalue weighted by Crippen LogP contribution is -2.44. The average Bonchev–Trinajstić information content (AvgIpc) is 2.98. The van der Waals surface area contributed by atoms with Gasteiger partial charge in [0.2, 0.25) is 0 Å². The molecule has 2 heterocycles. The van der Waals surface area contributed by atoms with Gasteiger partial charge in [0.15, 0.2) is 0 Å². The van der Waals surface area contributed by atoms with Gasteiger partial charge in [-0.1, -0.05) is 29.8 Å².